The van der Waals surface area contributed by atoms with Gasteiger partial charge in [-0.3, -0.25) is 0 Å². The van der Waals surface area contributed by atoms with E-state index in [1.807, 2.05) is 6.92 Å². The third kappa shape index (κ3) is 2.56. The highest BCUT2D eigenvalue weighted by atomic mass is 16.4. The molecule has 3 nitrogen and oxygen atoms in total. The van der Waals surface area contributed by atoms with E-state index in [-0.39, 0.29) is 0 Å². The maximum Gasteiger partial charge on any atom is 0.331 e. The Bertz CT molecular complexity index is 223. The summed E-state index contributed by atoms with van der Waals surface area (Å²) in [5, 5.41) is 8.92. The lowest BCUT2D eigenvalue weighted by Gasteiger charge is -2.25. The van der Waals surface area contributed by atoms with Gasteiger partial charge in [-0.2, -0.15) is 0 Å². The molecule has 74 valence electrons. The minimum atomic E-state index is -0.734. The summed E-state index contributed by atoms with van der Waals surface area (Å²) >= 11 is 0. The minimum Gasteiger partial charge on any atom is -0.478 e. The smallest absolute Gasteiger partial charge is 0.331 e. The van der Waals surface area contributed by atoms with Crippen molar-refractivity contribution in [2.75, 3.05) is 20.1 Å². The fourth-order valence-corrected chi connectivity index (χ4v) is 1.74. The van der Waals surface area contributed by atoms with Crippen molar-refractivity contribution in [3.05, 3.63) is 11.1 Å². The highest BCUT2D eigenvalue weighted by Gasteiger charge is 2.16. The van der Waals surface area contributed by atoms with Gasteiger partial charge < -0.3 is 10.0 Å². The normalized spacial score (nSPS) is 18.8. The number of nitrogens with zero attached hydrogens (tertiary/aromatic N) is 1. The van der Waals surface area contributed by atoms with Gasteiger partial charge in [0.2, 0.25) is 0 Å². The molecular weight excluding hydrogens is 166 g/mol. The van der Waals surface area contributed by atoms with Gasteiger partial charge in [0.25, 0.3) is 0 Å². The molecule has 0 aromatic heterocycles. The number of carboxylic acids is 1. The number of aliphatic carboxylic acids is 1. The Hall–Kier alpha value is -0.830. The summed E-state index contributed by atoms with van der Waals surface area (Å²) in [5.41, 5.74) is 1.78. The van der Waals surface area contributed by atoms with E-state index in [9.17, 15) is 4.79 Å². The zero-order valence-electron chi connectivity index (χ0n) is 8.34. The van der Waals surface area contributed by atoms with Crippen LogP contribution in [0.3, 0.4) is 0 Å². The van der Waals surface area contributed by atoms with E-state index in [2.05, 4.69) is 11.9 Å². The predicted molar refractivity (Wildman–Crippen MR) is 51.7 cm³/mol. The van der Waals surface area contributed by atoms with E-state index in [1.165, 1.54) is 0 Å². The Kier molecular flexibility index (Phi) is 3.48. The number of hydrogen-bond donors (Lipinski definition) is 1. The fraction of sp³-hybridized carbons (Fsp3) is 0.700. The molecule has 0 amide bonds. The van der Waals surface area contributed by atoms with Crippen LogP contribution >= 0.6 is 0 Å². The second kappa shape index (κ2) is 4.42. The molecule has 3 heteroatoms. The average Bonchev–Trinajstić information content (AvgIpc) is 2.09. The third-order valence-corrected chi connectivity index (χ3v) is 2.63. The molecule has 0 bridgehead atoms. The van der Waals surface area contributed by atoms with Crippen LogP contribution in [0.4, 0.5) is 0 Å². The molecule has 0 spiro atoms. The molecule has 0 aromatic carbocycles. The summed E-state index contributed by atoms with van der Waals surface area (Å²) < 4.78 is 0. The topological polar surface area (TPSA) is 40.5 Å². The summed E-state index contributed by atoms with van der Waals surface area (Å²) in [4.78, 5) is 13.1. The molecule has 13 heavy (non-hydrogen) atoms. The number of carbonyl (C=O) groups is 1. The first-order chi connectivity index (χ1) is 6.15. The lowest BCUT2D eigenvalue weighted by Crippen LogP contribution is -2.27. The Morgan fingerprint density at radius 3 is 2.38 bits per heavy atom. The van der Waals surface area contributed by atoms with Gasteiger partial charge in [-0.15, -0.1) is 0 Å². The lowest BCUT2D eigenvalue weighted by atomic mass is 9.97. The largest absolute Gasteiger partial charge is 0.478 e. The molecule has 1 aliphatic heterocycles. The molecule has 0 aliphatic carbocycles. The quantitative estimate of drug-likeness (QED) is 0.659. The number of hydrogen-bond acceptors (Lipinski definition) is 2. The molecule has 1 N–H and O–H groups in total. The van der Waals surface area contributed by atoms with Crippen molar-refractivity contribution < 1.29 is 9.90 Å². The fourth-order valence-electron chi connectivity index (χ4n) is 1.74. The zero-order chi connectivity index (χ0) is 9.84. The first kappa shape index (κ1) is 10.3. The Labute approximate surface area is 79.0 Å². The second-order valence-electron chi connectivity index (χ2n) is 3.54. The Morgan fingerprint density at radius 2 is 2.00 bits per heavy atom. The summed E-state index contributed by atoms with van der Waals surface area (Å²) in [5.74, 6) is -0.734. The molecule has 0 atom stereocenters. The van der Waals surface area contributed by atoms with Gasteiger partial charge in [-0.05, 0) is 26.3 Å². The van der Waals surface area contributed by atoms with Crippen LogP contribution in [-0.4, -0.2) is 36.1 Å². The maximum atomic E-state index is 10.8. The van der Waals surface area contributed by atoms with Crippen molar-refractivity contribution in [1.29, 1.82) is 0 Å². The van der Waals surface area contributed by atoms with Crippen LogP contribution in [0.2, 0.25) is 0 Å². The van der Waals surface area contributed by atoms with Gasteiger partial charge in [0.1, 0.15) is 0 Å². The number of piperidine rings is 1. The molecule has 1 fully saturated rings. The van der Waals surface area contributed by atoms with Crippen LogP contribution < -0.4 is 0 Å². The standard InChI is InChI=1S/C10H17NO2/c1-3-9(10(12)13)8-4-6-11(2)7-5-8/h3-7H2,1-2H3,(H,12,13). The second-order valence-corrected chi connectivity index (χ2v) is 3.54. The summed E-state index contributed by atoms with van der Waals surface area (Å²) in [6, 6.07) is 0. The van der Waals surface area contributed by atoms with Crippen molar-refractivity contribution in [3.8, 4) is 0 Å². The number of rotatable bonds is 2. The van der Waals surface area contributed by atoms with Crippen molar-refractivity contribution in [1.82, 2.24) is 4.90 Å². The van der Waals surface area contributed by atoms with Crippen molar-refractivity contribution in [3.63, 3.8) is 0 Å². The van der Waals surface area contributed by atoms with Crippen molar-refractivity contribution >= 4 is 5.97 Å². The molecular formula is C10H17NO2. The van der Waals surface area contributed by atoms with Gasteiger partial charge in [-0.1, -0.05) is 12.5 Å². The molecule has 1 aliphatic rings. The molecule has 0 aromatic rings. The summed E-state index contributed by atoms with van der Waals surface area (Å²) in [6.07, 6.45) is 2.49. The summed E-state index contributed by atoms with van der Waals surface area (Å²) in [6.45, 7) is 3.90. The van der Waals surface area contributed by atoms with E-state index in [4.69, 9.17) is 5.11 Å². The molecule has 1 rings (SSSR count). The van der Waals surface area contributed by atoms with Gasteiger partial charge in [0, 0.05) is 18.7 Å². The molecule has 0 unspecified atom stereocenters. The molecule has 0 radical (unpaired) electrons. The van der Waals surface area contributed by atoms with Crippen molar-refractivity contribution in [2.24, 2.45) is 0 Å². The van der Waals surface area contributed by atoms with Gasteiger partial charge >= 0.3 is 5.97 Å². The van der Waals surface area contributed by atoms with Gasteiger partial charge in [0.15, 0.2) is 0 Å². The Balaban J connectivity index is 2.72. The zero-order valence-corrected chi connectivity index (χ0v) is 8.34. The monoisotopic (exact) mass is 183 g/mol. The average molecular weight is 183 g/mol. The van der Waals surface area contributed by atoms with E-state index in [0.717, 1.165) is 31.5 Å². The maximum absolute atomic E-state index is 10.8. The van der Waals surface area contributed by atoms with E-state index >= 15 is 0 Å². The van der Waals surface area contributed by atoms with E-state index < -0.39 is 5.97 Å². The minimum absolute atomic E-state index is 0.633. The van der Waals surface area contributed by atoms with E-state index in [0.29, 0.717) is 12.0 Å². The van der Waals surface area contributed by atoms with Crippen LogP contribution in [0.1, 0.15) is 26.2 Å². The highest BCUT2D eigenvalue weighted by molar-refractivity contribution is 5.87. The Morgan fingerprint density at radius 1 is 1.46 bits per heavy atom. The van der Waals surface area contributed by atoms with Crippen LogP contribution in [-0.2, 0) is 4.79 Å². The summed E-state index contributed by atoms with van der Waals surface area (Å²) in [7, 11) is 2.07. The van der Waals surface area contributed by atoms with Crippen LogP contribution in [0.5, 0.6) is 0 Å². The lowest BCUT2D eigenvalue weighted by molar-refractivity contribution is -0.132. The van der Waals surface area contributed by atoms with Crippen LogP contribution in [0.15, 0.2) is 11.1 Å². The third-order valence-electron chi connectivity index (χ3n) is 2.63. The molecule has 1 heterocycles. The molecule has 0 saturated carbocycles. The first-order valence-electron chi connectivity index (χ1n) is 4.78. The van der Waals surface area contributed by atoms with Crippen LogP contribution in [0, 0.1) is 0 Å². The number of carboxylic acid groups (broad SMARTS) is 1. The first-order valence-corrected chi connectivity index (χ1v) is 4.78. The molecule has 1 saturated heterocycles. The van der Waals surface area contributed by atoms with Crippen LogP contribution in [0.25, 0.3) is 0 Å². The predicted octanol–water partition coefficient (Wildman–Crippen LogP) is 1.50. The van der Waals surface area contributed by atoms with Gasteiger partial charge in [0.05, 0.1) is 0 Å². The van der Waals surface area contributed by atoms with Gasteiger partial charge in [-0.25, -0.2) is 4.79 Å². The SMILES string of the molecule is CCC(C(=O)O)=C1CCN(C)CC1. The van der Waals surface area contributed by atoms with E-state index in [1.54, 1.807) is 0 Å². The number of likely N-dealkylation sites (tertiary alicyclic amines) is 1. The highest BCUT2D eigenvalue weighted by Crippen LogP contribution is 2.20. The van der Waals surface area contributed by atoms with Crippen molar-refractivity contribution in [2.45, 2.75) is 26.2 Å².